The average molecular weight is 386 g/mol. The van der Waals surface area contributed by atoms with Crippen LogP contribution < -0.4 is 0 Å². The van der Waals surface area contributed by atoms with Gasteiger partial charge in [-0.15, -0.1) is 0 Å². The number of carbonyl (C=O) groups is 1. The smallest absolute Gasteiger partial charge is 0.339 e. The molecule has 0 unspecified atom stereocenters. The lowest BCUT2D eigenvalue weighted by Gasteiger charge is -2.08. The summed E-state index contributed by atoms with van der Waals surface area (Å²) in [5.74, 6) is -1.13. The molecule has 2 rings (SSSR count). The van der Waals surface area contributed by atoms with Gasteiger partial charge in [0, 0.05) is 15.2 Å². The maximum atomic E-state index is 13.5. The first-order valence-corrected chi connectivity index (χ1v) is 9.00. The maximum Gasteiger partial charge on any atom is 0.339 e. The predicted octanol–water partition coefficient (Wildman–Crippen LogP) is 3.47. The second kappa shape index (κ2) is 5.99. The highest BCUT2D eigenvalue weighted by Gasteiger charge is 2.24. The third-order valence-corrected chi connectivity index (χ3v) is 4.95. The van der Waals surface area contributed by atoms with Gasteiger partial charge < -0.3 is 4.74 Å². The molecule has 0 aromatic heterocycles. The Bertz CT molecular complexity index is 643. The van der Waals surface area contributed by atoms with Gasteiger partial charge in [-0.3, -0.25) is 0 Å². The van der Waals surface area contributed by atoms with Crippen LogP contribution in [0.2, 0.25) is 0 Å². The Labute approximate surface area is 128 Å². The van der Waals surface area contributed by atoms with E-state index >= 15 is 0 Å². The van der Waals surface area contributed by atoms with E-state index in [1.165, 1.54) is 0 Å². The van der Waals surface area contributed by atoms with Crippen LogP contribution in [0.15, 0.2) is 21.5 Å². The molecule has 1 aromatic carbocycles. The summed E-state index contributed by atoms with van der Waals surface area (Å²) in [7, 11) is 0.850. The van der Waals surface area contributed by atoms with Crippen molar-refractivity contribution in [3.05, 3.63) is 28.0 Å². The molecule has 0 aliphatic heterocycles. The quantitative estimate of drug-likeness (QED) is 0.575. The molecule has 0 N–H and O–H groups in total. The summed E-state index contributed by atoms with van der Waals surface area (Å²) in [6, 6.07) is 1.76. The topological polar surface area (TPSA) is 60.4 Å². The van der Waals surface area contributed by atoms with Crippen molar-refractivity contribution in [1.29, 1.82) is 0 Å². The molecule has 1 aromatic rings. The number of carbonyl (C=O) groups excluding carboxylic acids is 1. The molecule has 1 fully saturated rings. The fraction of sp³-hybridized carbons (Fsp3) is 0.417. The van der Waals surface area contributed by atoms with Crippen molar-refractivity contribution in [2.24, 2.45) is 5.92 Å². The lowest BCUT2D eigenvalue weighted by Crippen LogP contribution is -2.09. The van der Waals surface area contributed by atoms with Crippen LogP contribution in [0.4, 0.5) is 4.39 Å². The lowest BCUT2D eigenvalue weighted by molar-refractivity contribution is 0.0493. The van der Waals surface area contributed by atoms with E-state index in [-0.39, 0.29) is 16.6 Å². The molecule has 0 radical (unpaired) electrons. The predicted molar refractivity (Wildman–Crippen MR) is 74.8 cm³/mol. The third-order valence-electron chi connectivity index (χ3n) is 2.96. The molecule has 0 amide bonds. The molecule has 20 heavy (non-hydrogen) atoms. The highest BCUT2D eigenvalue weighted by atomic mass is 79.9. The van der Waals surface area contributed by atoms with Crippen LogP contribution in [0.25, 0.3) is 0 Å². The number of hydrogen-bond acceptors (Lipinski definition) is 4. The largest absolute Gasteiger partial charge is 0.462 e. The lowest BCUT2D eigenvalue weighted by atomic mass is 10.2. The van der Waals surface area contributed by atoms with Crippen LogP contribution in [-0.2, 0) is 13.8 Å². The summed E-state index contributed by atoms with van der Waals surface area (Å²) in [6.07, 6.45) is 3.07. The second-order valence-electron chi connectivity index (χ2n) is 4.57. The normalized spacial score (nSPS) is 15.2. The van der Waals surface area contributed by atoms with Gasteiger partial charge in [-0.1, -0.05) is 12.8 Å². The Kier molecular flexibility index (Phi) is 4.71. The Hall–Kier alpha value is -0.660. The highest BCUT2D eigenvalue weighted by molar-refractivity contribution is 9.10. The van der Waals surface area contributed by atoms with E-state index in [1.807, 2.05) is 0 Å². The van der Waals surface area contributed by atoms with E-state index in [0.717, 1.165) is 31.4 Å². The van der Waals surface area contributed by atoms with Crippen LogP contribution in [0, 0.1) is 11.7 Å². The fourth-order valence-electron chi connectivity index (χ4n) is 1.67. The molecule has 1 aliphatic rings. The number of benzene rings is 1. The maximum absolute atomic E-state index is 13.5. The number of ether oxygens (including phenoxy) is 1. The van der Waals surface area contributed by atoms with Gasteiger partial charge in [0.15, 0.2) is 0 Å². The zero-order valence-corrected chi connectivity index (χ0v) is 13.4. The van der Waals surface area contributed by atoms with Gasteiger partial charge in [0.05, 0.1) is 12.2 Å². The summed E-state index contributed by atoms with van der Waals surface area (Å²) < 4.78 is 41.1. The molecule has 4 nitrogen and oxygen atoms in total. The van der Waals surface area contributed by atoms with E-state index in [2.05, 4.69) is 15.9 Å². The minimum Gasteiger partial charge on any atom is -0.462 e. The summed E-state index contributed by atoms with van der Waals surface area (Å²) >= 11 is 3.00. The van der Waals surface area contributed by atoms with Crippen molar-refractivity contribution < 1.29 is 22.3 Å². The van der Waals surface area contributed by atoms with Crippen LogP contribution in [0.5, 0.6) is 0 Å². The summed E-state index contributed by atoms with van der Waals surface area (Å²) in [6.45, 7) is 0.260. The molecule has 0 heterocycles. The molecule has 110 valence electrons. The van der Waals surface area contributed by atoms with Crippen molar-refractivity contribution in [3.8, 4) is 0 Å². The van der Waals surface area contributed by atoms with E-state index in [0.29, 0.717) is 5.92 Å². The molecule has 0 atom stereocenters. The molecule has 0 bridgehead atoms. The highest BCUT2D eigenvalue weighted by Crippen LogP contribution is 2.32. The summed E-state index contributed by atoms with van der Waals surface area (Å²) in [5.41, 5.74) is -0.0681. The zero-order valence-electron chi connectivity index (χ0n) is 10.2. The van der Waals surface area contributed by atoms with E-state index in [4.69, 9.17) is 15.4 Å². The standard InChI is InChI=1S/C12H11BrClFO4S/c13-9-6-10(15)11(20(14,17)18)5-8(9)12(16)19-4-3-7-1-2-7/h5-7H,1-4H2. The molecular formula is C12H11BrClFO4S. The first kappa shape index (κ1) is 15.7. The van der Waals surface area contributed by atoms with Crippen molar-refractivity contribution in [3.63, 3.8) is 0 Å². The van der Waals surface area contributed by atoms with Crippen LogP contribution in [0.1, 0.15) is 29.6 Å². The Morgan fingerprint density at radius 1 is 1.45 bits per heavy atom. The molecule has 0 saturated heterocycles. The minimum atomic E-state index is -4.26. The van der Waals surface area contributed by atoms with Crippen LogP contribution in [0.3, 0.4) is 0 Å². The number of rotatable bonds is 5. The fourth-order valence-corrected chi connectivity index (χ4v) is 3.06. The van der Waals surface area contributed by atoms with Gasteiger partial charge in [-0.2, -0.15) is 0 Å². The molecule has 8 heteroatoms. The van der Waals surface area contributed by atoms with Crippen molar-refractivity contribution in [2.45, 2.75) is 24.2 Å². The monoisotopic (exact) mass is 384 g/mol. The first-order chi connectivity index (χ1) is 9.29. The van der Waals surface area contributed by atoms with Crippen molar-refractivity contribution >= 4 is 41.6 Å². The van der Waals surface area contributed by atoms with E-state index < -0.39 is 25.7 Å². The molecule has 0 spiro atoms. The van der Waals surface area contributed by atoms with Gasteiger partial charge in [0.2, 0.25) is 0 Å². The van der Waals surface area contributed by atoms with Gasteiger partial charge in [0.25, 0.3) is 9.05 Å². The Morgan fingerprint density at radius 3 is 2.65 bits per heavy atom. The van der Waals surface area contributed by atoms with Crippen LogP contribution >= 0.6 is 26.6 Å². The summed E-state index contributed by atoms with van der Waals surface area (Å²) in [4.78, 5) is 11.1. The van der Waals surface area contributed by atoms with Crippen LogP contribution in [-0.4, -0.2) is 21.0 Å². The average Bonchev–Trinajstić information content (AvgIpc) is 3.11. The zero-order chi connectivity index (χ0) is 14.9. The second-order valence-corrected chi connectivity index (χ2v) is 7.96. The van der Waals surface area contributed by atoms with Gasteiger partial charge in [0.1, 0.15) is 10.7 Å². The molecule has 1 aliphatic carbocycles. The van der Waals surface area contributed by atoms with E-state index in [1.54, 1.807) is 0 Å². The van der Waals surface area contributed by atoms with Crippen molar-refractivity contribution in [1.82, 2.24) is 0 Å². The molecular weight excluding hydrogens is 375 g/mol. The first-order valence-electron chi connectivity index (χ1n) is 5.90. The third kappa shape index (κ3) is 3.93. The van der Waals surface area contributed by atoms with Crippen molar-refractivity contribution in [2.75, 3.05) is 6.61 Å². The number of esters is 1. The number of hydrogen-bond donors (Lipinski definition) is 0. The van der Waals surface area contributed by atoms with Gasteiger partial charge in [-0.05, 0) is 40.4 Å². The molecule has 1 saturated carbocycles. The van der Waals surface area contributed by atoms with Gasteiger partial charge >= 0.3 is 5.97 Å². The SMILES string of the molecule is O=C(OCCC1CC1)c1cc(S(=O)(=O)Cl)c(F)cc1Br. The Balaban J connectivity index is 2.19. The summed E-state index contributed by atoms with van der Waals surface area (Å²) in [5, 5.41) is 0. The minimum absolute atomic E-state index is 0.0681. The van der Waals surface area contributed by atoms with Gasteiger partial charge in [-0.25, -0.2) is 17.6 Å². The Morgan fingerprint density at radius 2 is 2.10 bits per heavy atom. The van der Waals surface area contributed by atoms with E-state index in [9.17, 15) is 17.6 Å². The number of halogens is 3.